The van der Waals surface area contributed by atoms with Gasteiger partial charge in [-0.1, -0.05) is 30.3 Å². The number of hydrogen-bond acceptors (Lipinski definition) is 2. The van der Waals surface area contributed by atoms with Crippen molar-refractivity contribution < 1.29 is 0 Å². The summed E-state index contributed by atoms with van der Waals surface area (Å²) in [5.74, 6) is 3.69. The Morgan fingerprint density at radius 3 is 2.71 bits per heavy atom. The summed E-state index contributed by atoms with van der Waals surface area (Å²) in [5.41, 5.74) is 1.65. The monoisotopic (exact) mass is 282 g/mol. The summed E-state index contributed by atoms with van der Waals surface area (Å²) < 4.78 is 0. The molecule has 0 amide bonds. The van der Waals surface area contributed by atoms with Crippen molar-refractivity contribution in [3.05, 3.63) is 35.9 Å². The van der Waals surface area contributed by atoms with Gasteiger partial charge in [-0.2, -0.15) is 0 Å². The number of benzene rings is 1. The molecule has 3 unspecified atom stereocenters. The largest absolute Gasteiger partial charge is 0.308 e. The minimum Gasteiger partial charge on any atom is -0.308 e. The van der Waals surface area contributed by atoms with Gasteiger partial charge in [-0.25, -0.2) is 0 Å². The van der Waals surface area contributed by atoms with E-state index in [1.165, 1.54) is 18.4 Å². The van der Waals surface area contributed by atoms with Crippen LogP contribution in [0.15, 0.2) is 30.3 Å². The van der Waals surface area contributed by atoms with Gasteiger partial charge in [-0.05, 0) is 38.2 Å². The van der Waals surface area contributed by atoms with E-state index in [9.17, 15) is 0 Å². The van der Waals surface area contributed by atoms with Crippen LogP contribution in [0, 0.1) is 18.3 Å². The summed E-state index contributed by atoms with van der Waals surface area (Å²) in [4.78, 5) is 2.63. The van der Waals surface area contributed by atoms with Gasteiger partial charge in [-0.15, -0.1) is 12.3 Å². The van der Waals surface area contributed by atoms with Crippen LogP contribution in [0.5, 0.6) is 0 Å². The molecular formula is C19H26N2. The van der Waals surface area contributed by atoms with Crippen molar-refractivity contribution in [2.75, 3.05) is 13.1 Å². The van der Waals surface area contributed by atoms with Gasteiger partial charge in [0.2, 0.25) is 0 Å². The van der Waals surface area contributed by atoms with Crippen molar-refractivity contribution in [2.24, 2.45) is 5.92 Å². The highest BCUT2D eigenvalue weighted by Gasteiger charge is 2.46. The average Bonchev–Trinajstić information content (AvgIpc) is 3.33. The Bertz CT molecular complexity index is 514. The fourth-order valence-electron chi connectivity index (χ4n) is 3.72. The molecule has 0 aromatic heterocycles. The van der Waals surface area contributed by atoms with E-state index >= 15 is 0 Å². The molecule has 2 nitrogen and oxygen atoms in total. The topological polar surface area (TPSA) is 15.3 Å². The standard InChI is InChI=1S/C19H26N2/c1-4-8-15(2)21-14-19(3,17-11-12-17)20-13-18(21)16-9-6-5-7-10-16/h1,5-7,9-10,15,17-18,20H,8,11-14H2,2-3H3. The number of nitrogens with zero attached hydrogens (tertiary/aromatic N) is 1. The van der Waals surface area contributed by atoms with Gasteiger partial charge in [0.25, 0.3) is 0 Å². The minimum atomic E-state index is 0.258. The lowest BCUT2D eigenvalue weighted by Gasteiger charge is -2.49. The average molecular weight is 282 g/mol. The summed E-state index contributed by atoms with van der Waals surface area (Å²) in [6, 6.07) is 11.7. The van der Waals surface area contributed by atoms with Gasteiger partial charge < -0.3 is 5.32 Å². The lowest BCUT2D eigenvalue weighted by molar-refractivity contribution is 0.0450. The quantitative estimate of drug-likeness (QED) is 0.853. The molecule has 1 heterocycles. The lowest BCUT2D eigenvalue weighted by Crippen LogP contribution is -2.62. The molecule has 1 N–H and O–H groups in total. The number of hydrogen-bond donors (Lipinski definition) is 1. The molecule has 2 fully saturated rings. The zero-order valence-corrected chi connectivity index (χ0v) is 13.2. The number of piperazine rings is 1. The van der Waals surface area contributed by atoms with Gasteiger partial charge in [0.1, 0.15) is 0 Å². The van der Waals surface area contributed by atoms with Crippen LogP contribution in [-0.4, -0.2) is 29.6 Å². The molecule has 0 spiro atoms. The molecule has 0 radical (unpaired) electrons. The van der Waals surface area contributed by atoms with Crippen molar-refractivity contribution in [1.82, 2.24) is 10.2 Å². The van der Waals surface area contributed by atoms with E-state index in [1.54, 1.807) is 0 Å². The maximum Gasteiger partial charge on any atom is 0.0476 e. The Morgan fingerprint density at radius 1 is 1.38 bits per heavy atom. The Balaban J connectivity index is 1.84. The molecule has 1 saturated heterocycles. The second kappa shape index (κ2) is 5.83. The molecule has 0 bridgehead atoms. The van der Waals surface area contributed by atoms with E-state index < -0.39 is 0 Å². The third kappa shape index (κ3) is 3.00. The first kappa shape index (κ1) is 14.6. The number of terminal acetylenes is 1. The van der Waals surface area contributed by atoms with Crippen molar-refractivity contribution in [2.45, 2.75) is 50.7 Å². The molecule has 3 rings (SSSR count). The molecule has 2 aliphatic rings. The molecule has 1 aromatic rings. The molecule has 1 aliphatic carbocycles. The van der Waals surface area contributed by atoms with Gasteiger partial charge >= 0.3 is 0 Å². The van der Waals surface area contributed by atoms with Crippen LogP contribution in [0.4, 0.5) is 0 Å². The van der Waals surface area contributed by atoms with Gasteiger partial charge in [0.05, 0.1) is 0 Å². The maximum atomic E-state index is 5.57. The van der Waals surface area contributed by atoms with Crippen molar-refractivity contribution in [3.63, 3.8) is 0 Å². The molecule has 3 atom stereocenters. The summed E-state index contributed by atoms with van der Waals surface area (Å²) in [6.07, 6.45) is 9.13. The first-order valence-corrected chi connectivity index (χ1v) is 8.13. The van der Waals surface area contributed by atoms with E-state index in [2.05, 4.69) is 60.3 Å². The lowest BCUT2D eigenvalue weighted by atomic mass is 9.88. The molecule has 1 aliphatic heterocycles. The molecule has 21 heavy (non-hydrogen) atoms. The van der Waals surface area contributed by atoms with Gasteiger partial charge in [0, 0.05) is 37.1 Å². The highest BCUT2D eigenvalue weighted by atomic mass is 15.3. The second-order valence-electron chi connectivity index (χ2n) is 6.93. The van der Waals surface area contributed by atoms with Crippen LogP contribution >= 0.6 is 0 Å². The Kier molecular flexibility index (Phi) is 4.06. The van der Waals surface area contributed by atoms with Crippen LogP contribution in [0.3, 0.4) is 0 Å². The summed E-state index contributed by atoms with van der Waals surface area (Å²) in [7, 11) is 0. The SMILES string of the molecule is C#CCC(C)N1CC(C)(C2CC2)NCC1c1ccccc1. The zero-order chi connectivity index (χ0) is 14.9. The molecule has 1 aromatic carbocycles. The third-order valence-corrected chi connectivity index (χ3v) is 5.25. The molecular weight excluding hydrogens is 256 g/mol. The highest BCUT2D eigenvalue weighted by molar-refractivity contribution is 5.22. The minimum absolute atomic E-state index is 0.258. The number of nitrogens with one attached hydrogen (secondary N) is 1. The van der Waals surface area contributed by atoms with Crippen LogP contribution in [-0.2, 0) is 0 Å². The van der Waals surface area contributed by atoms with Crippen LogP contribution < -0.4 is 5.32 Å². The van der Waals surface area contributed by atoms with E-state index in [0.29, 0.717) is 12.1 Å². The van der Waals surface area contributed by atoms with Gasteiger partial charge in [-0.3, -0.25) is 4.90 Å². The van der Waals surface area contributed by atoms with Crippen LogP contribution in [0.25, 0.3) is 0 Å². The number of rotatable bonds is 4. The van der Waals surface area contributed by atoms with Crippen molar-refractivity contribution >= 4 is 0 Å². The first-order chi connectivity index (χ1) is 10.1. The summed E-state index contributed by atoms with van der Waals surface area (Å²) in [6.45, 7) is 6.78. The van der Waals surface area contributed by atoms with Crippen molar-refractivity contribution in [3.8, 4) is 12.3 Å². The molecule has 1 saturated carbocycles. The smallest absolute Gasteiger partial charge is 0.0476 e. The fraction of sp³-hybridized carbons (Fsp3) is 0.579. The van der Waals surface area contributed by atoms with Crippen molar-refractivity contribution in [1.29, 1.82) is 0 Å². The molecule has 112 valence electrons. The van der Waals surface area contributed by atoms with Crippen LogP contribution in [0.2, 0.25) is 0 Å². The van der Waals surface area contributed by atoms with Crippen LogP contribution in [0.1, 0.15) is 44.7 Å². The zero-order valence-electron chi connectivity index (χ0n) is 13.2. The van der Waals surface area contributed by atoms with E-state index in [0.717, 1.165) is 25.4 Å². The maximum absolute atomic E-state index is 5.57. The molecule has 2 heteroatoms. The van der Waals surface area contributed by atoms with E-state index in [4.69, 9.17) is 6.42 Å². The predicted molar refractivity (Wildman–Crippen MR) is 87.9 cm³/mol. The van der Waals surface area contributed by atoms with E-state index in [1.807, 2.05) is 0 Å². The normalized spacial score (nSPS) is 31.6. The summed E-state index contributed by atoms with van der Waals surface area (Å²) >= 11 is 0. The fourth-order valence-corrected chi connectivity index (χ4v) is 3.72. The third-order valence-electron chi connectivity index (χ3n) is 5.25. The highest BCUT2D eigenvalue weighted by Crippen LogP contribution is 2.43. The van der Waals surface area contributed by atoms with E-state index in [-0.39, 0.29) is 5.54 Å². The first-order valence-electron chi connectivity index (χ1n) is 8.13. The summed E-state index contributed by atoms with van der Waals surface area (Å²) in [5, 5.41) is 3.84. The Morgan fingerprint density at radius 2 is 2.10 bits per heavy atom. The second-order valence-corrected chi connectivity index (χ2v) is 6.93. The Hall–Kier alpha value is -1.30. The Labute approximate surface area is 128 Å². The predicted octanol–water partition coefficient (Wildman–Crippen LogP) is 3.21. The van der Waals surface area contributed by atoms with Gasteiger partial charge in [0.15, 0.2) is 0 Å².